The van der Waals surface area contributed by atoms with E-state index in [2.05, 4.69) is 10.0 Å². The van der Waals surface area contributed by atoms with Gasteiger partial charge in [0.15, 0.2) is 0 Å². The molecule has 3 aromatic carbocycles. The Hall–Kier alpha value is -3.06. The summed E-state index contributed by atoms with van der Waals surface area (Å²) in [7, 11) is -3.85. The van der Waals surface area contributed by atoms with Crippen LogP contribution in [0.15, 0.2) is 59.5 Å². The lowest BCUT2D eigenvalue weighted by Crippen LogP contribution is -2.13. The van der Waals surface area contributed by atoms with Crippen molar-refractivity contribution in [3.05, 3.63) is 60.2 Å². The monoisotopic (exact) mass is 340 g/mol. The zero-order valence-electron chi connectivity index (χ0n) is 12.3. The average molecular weight is 340 g/mol. The molecule has 0 fully saturated rings. The van der Waals surface area contributed by atoms with Crippen LogP contribution in [0.2, 0.25) is 0 Å². The number of phenolic OH excluding ortho intramolecular Hbond substituents is 1. The molecular weight excluding hydrogens is 328 g/mol. The van der Waals surface area contributed by atoms with Gasteiger partial charge < -0.3 is 10.4 Å². The van der Waals surface area contributed by atoms with E-state index in [4.69, 9.17) is 0 Å². The van der Waals surface area contributed by atoms with Crippen LogP contribution in [0.25, 0.3) is 10.8 Å². The molecule has 0 radical (unpaired) electrons. The van der Waals surface area contributed by atoms with Crippen molar-refractivity contribution >= 4 is 38.1 Å². The van der Waals surface area contributed by atoms with Crippen molar-refractivity contribution in [3.8, 4) is 5.75 Å². The van der Waals surface area contributed by atoms with E-state index in [1.54, 1.807) is 24.3 Å². The van der Waals surface area contributed by atoms with E-state index < -0.39 is 10.0 Å². The quantitative estimate of drug-likeness (QED) is 0.639. The second kappa shape index (κ2) is 4.97. The van der Waals surface area contributed by atoms with Gasteiger partial charge in [0.2, 0.25) is 0 Å². The fourth-order valence-corrected chi connectivity index (χ4v) is 4.10. The van der Waals surface area contributed by atoms with Gasteiger partial charge in [0, 0.05) is 27.7 Å². The molecular formula is C17H12N2O4S. The van der Waals surface area contributed by atoms with Crippen LogP contribution in [0.4, 0.5) is 11.4 Å². The molecule has 0 spiro atoms. The molecule has 24 heavy (non-hydrogen) atoms. The molecule has 1 amide bonds. The van der Waals surface area contributed by atoms with Gasteiger partial charge in [-0.25, -0.2) is 8.42 Å². The first kappa shape index (κ1) is 14.5. The molecule has 0 bridgehead atoms. The normalized spacial score (nSPS) is 13.1. The Morgan fingerprint density at radius 2 is 1.71 bits per heavy atom. The van der Waals surface area contributed by atoms with E-state index in [1.807, 2.05) is 0 Å². The number of rotatable bonds is 3. The highest BCUT2D eigenvalue weighted by atomic mass is 32.2. The predicted octanol–water partition coefficient (Wildman–Crippen LogP) is 2.91. The maximum Gasteiger partial charge on any atom is 0.262 e. The fraction of sp³-hybridized carbons (Fsp3) is 0. The number of carbonyl (C=O) groups excluding carboxylic acids is 1. The summed E-state index contributed by atoms with van der Waals surface area (Å²) in [6, 6.07) is 13.8. The standard InChI is InChI=1S/C17H12N2O4S/c20-11-6-4-10(5-7-11)19-24(22,23)15-9-8-14-16-12(15)2-1-3-13(16)17(21)18-14/h1-9,19-20H,(H,18,21). The van der Waals surface area contributed by atoms with E-state index >= 15 is 0 Å². The van der Waals surface area contributed by atoms with E-state index in [0.717, 1.165) is 0 Å². The number of amides is 1. The van der Waals surface area contributed by atoms with Crippen LogP contribution in [-0.2, 0) is 10.0 Å². The van der Waals surface area contributed by atoms with Crippen molar-refractivity contribution in [3.63, 3.8) is 0 Å². The maximum atomic E-state index is 12.7. The van der Waals surface area contributed by atoms with Crippen molar-refractivity contribution in [2.45, 2.75) is 4.90 Å². The van der Waals surface area contributed by atoms with E-state index in [0.29, 0.717) is 27.7 Å². The van der Waals surface area contributed by atoms with E-state index in [-0.39, 0.29) is 16.6 Å². The molecule has 0 saturated heterocycles. The first-order chi connectivity index (χ1) is 11.5. The zero-order chi connectivity index (χ0) is 16.9. The van der Waals surface area contributed by atoms with Crippen molar-refractivity contribution in [2.24, 2.45) is 0 Å². The summed E-state index contributed by atoms with van der Waals surface area (Å²) in [5, 5.41) is 13.1. The van der Waals surface area contributed by atoms with Gasteiger partial charge >= 0.3 is 0 Å². The first-order valence-electron chi connectivity index (χ1n) is 7.15. The van der Waals surface area contributed by atoms with Crippen LogP contribution in [0.1, 0.15) is 10.4 Å². The lowest BCUT2D eigenvalue weighted by atomic mass is 10.1. The van der Waals surface area contributed by atoms with Gasteiger partial charge in [-0.05, 0) is 42.5 Å². The molecule has 0 aromatic heterocycles. The van der Waals surface area contributed by atoms with E-state index in [1.165, 1.54) is 30.3 Å². The van der Waals surface area contributed by atoms with Gasteiger partial charge in [-0.2, -0.15) is 0 Å². The molecule has 1 heterocycles. The van der Waals surface area contributed by atoms with Crippen LogP contribution in [0.5, 0.6) is 5.75 Å². The van der Waals surface area contributed by atoms with Crippen molar-refractivity contribution in [1.82, 2.24) is 0 Å². The number of aromatic hydroxyl groups is 1. The first-order valence-corrected chi connectivity index (χ1v) is 8.63. The molecule has 3 N–H and O–H groups in total. The van der Waals surface area contributed by atoms with Crippen molar-refractivity contribution in [2.75, 3.05) is 10.0 Å². The summed E-state index contributed by atoms with van der Waals surface area (Å²) >= 11 is 0. The summed E-state index contributed by atoms with van der Waals surface area (Å²) < 4.78 is 28.0. The molecule has 0 atom stereocenters. The number of phenols is 1. The van der Waals surface area contributed by atoms with Gasteiger partial charge in [0.05, 0.1) is 4.90 Å². The molecule has 120 valence electrons. The van der Waals surface area contributed by atoms with Gasteiger partial charge in [0.25, 0.3) is 15.9 Å². The van der Waals surface area contributed by atoms with Crippen LogP contribution in [-0.4, -0.2) is 19.4 Å². The predicted molar refractivity (Wildman–Crippen MR) is 90.8 cm³/mol. The topological polar surface area (TPSA) is 95.5 Å². The second-order valence-electron chi connectivity index (χ2n) is 5.45. The molecule has 3 aromatic rings. The lowest BCUT2D eigenvalue weighted by Gasteiger charge is -2.11. The average Bonchev–Trinajstić information content (AvgIpc) is 2.88. The molecule has 0 saturated carbocycles. The fourth-order valence-electron chi connectivity index (χ4n) is 2.84. The highest BCUT2D eigenvalue weighted by Crippen LogP contribution is 2.36. The Bertz CT molecular complexity index is 1090. The van der Waals surface area contributed by atoms with Crippen LogP contribution >= 0.6 is 0 Å². The summed E-state index contributed by atoms with van der Waals surface area (Å²) in [5.41, 5.74) is 1.41. The Morgan fingerprint density at radius 1 is 0.958 bits per heavy atom. The molecule has 0 aliphatic carbocycles. The van der Waals surface area contributed by atoms with Gasteiger partial charge in [-0.1, -0.05) is 12.1 Å². The minimum Gasteiger partial charge on any atom is -0.508 e. The Labute approximate surface area is 137 Å². The Balaban J connectivity index is 1.86. The number of hydrogen-bond donors (Lipinski definition) is 3. The second-order valence-corrected chi connectivity index (χ2v) is 7.10. The minimum atomic E-state index is -3.85. The van der Waals surface area contributed by atoms with Crippen molar-refractivity contribution < 1.29 is 18.3 Å². The third-order valence-electron chi connectivity index (χ3n) is 3.90. The zero-order valence-corrected chi connectivity index (χ0v) is 13.1. The van der Waals surface area contributed by atoms with Crippen LogP contribution in [0, 0.1) is 0 Å². The van der Waals surface area contributed by atoms with Gasteiger partial charge in [0.1, 0.15) is 5.75 Å². The number of hydrogen-bond acceptors (Lipinski definition) is 4. The third-order valence-corrected chi connectivity index (χ3v) is 5.34. The lowest BCUT2D eigenvalue weighted by molar-refractivity contribution is 0.103. The van der Waals surface area contributed by atoms with Crippen molar-refractivity contribution in [1.29, 1.82) is 0 Å². The minimum absolute atomic E-state index is 0.0490. The van der Waals surface area contributed by atoms with Gasteiger partial charge in [-0.3, -0.25) is 9.52 Å². The summed E-state index contributed by atoms with van der Waals surface area (Å²) in [6.45, 7) is 0. The number of sulfonamides is 1. The number of benzene rings is 3. The Kier molecular flexibility index (Phi) is 3.01. The highest BCUT2D eigenvalue weighted by Gasteiger charge is 2.26. The SMILES string of the molecule is O=C1Nc2ccc(S(=O)(=O)Nc3ccc(O)cc3)c3cccc1c23. The van der Waals surface area contributed by atoms with Crippen LogP contribution in [0.3, 0.4) is 0 Å². The largest absolute Gasteiger partial charge is 0.508 e. The third kappa shape index (κ3) is 2.17. The number of anilines is 2. The number of nitrogens with one attached hydrogen (secondary N) is 2. The van der Waals surface area contributed by atoms with Crippen LogP contribution < -0.4 is 10.0 Å². The molecule has 1 aliphatic rings. The summed E-state index contributed by atoms with van der Waals surface area (Å²) in [5.74, 6) is -0.190. The summed E-state index contributed by atoms with van der Waals surface area (Å²) in [4.78, 5) is 12.0. The van der Waals surface area contributed by atoms with E-state index in [9.17, 15) is 18.3 Å². The Morgan fingerprint density at radius 3 is 2.46 bits per heavy atom. The highest BCUT2D eigenvalue weighted by molar-refractivity contribution is 7.93. The molecule has 6 nitrogen and oxygen atoms in total. The summed E-state index contributed by atoms with van der Waals surface area (Å²) in [6.07, 6.45) is 0. The molecule has 1 aliphatic heterocycles. The smallest absolute Gasteiger partial charge is 0.262 e. The number of carbonyl (C=O) groups is 1. The molecule has 4 rings (SSSR count). The van der Waals surface area contributed by atoms with Gasteiger partial charge in [-0.15, -0.1) is 0 Å². The molecule has 0 unspecified atom stereocenters. The molecule has 7 heteroatoms. The maximum absolute atomic E-state index is 12.7.